The van der Waals surface area contributed by atoms with Crippen molar-refractivity contribution in [1.82, 2.24) is 0 Å². The smallest absolute Gasteiger partial charge is 0.0998 e. The zero-order chi connectivity index (χ0) is 11.3. The topological polar surface area (TPSA) is 23.8 Å². The van der Waals surface area contributed by atoms with E-state index >= 15 is 0 Å². The van der Waals surface area contributed by atoms with Crippen molar-refractivity contribution in [2.24, 2.45) is 0 Å². The van der Waals surface area contributed by atoms with Crippen molar-refractivity contribution in [2.75, 3.05) is 0 Å². The molecule has 0 fully saturated rings. The number of hydrogen-bond acceptors (Lipinski definition) is 1. The SMILES string of the molecule is CC.Cc1cc(C#N)c2ccccc2c1. The van der Waals surface area contributed by atoms with E-state index in [1.807, 2.05) is 51.1 Å². The molecule has 1 heteroatoms. The van der Waals surface area contributed by atoms with Crippen molar-refractivity contribution in [3.05, 3.63) is 47.5 Å². The number of rotatable bonds is 0. The molecule has 0 atom stereocenters. The molecule has 0 radical (unpaired) electrons. The summed E-state index contributed by atoms with van der Waals surface area (Å²) < 4.78 is 0. The van der Waals surface area contributed by atoms with Gasteiger partial charge in [-0.25, -0.2) is 0 Å². The Morgan fingerprint density at radius 2 is 1.73 bits per heavy atom. The molecule has 0 amide bonds. The van der Waals surface area contributed by atoms with Gasteiger partial charge < -0.3 is 0 Å². The number of nitriles is 1. The molecule has 2 aromatic rings. The minimum absolute atomic E-state index is 0.760. The van der Waals surface area contributed by atoms with Crippen LogP contribution in [0.2, 0.25) is 0 Å². The summed E-state index contributed by atoms with van der Waals surface area (Å²) in [7, 11) is 0. The highest BCUT2D eigenvalue weighted by molar-refractivity contribution is 5.88. The summed E-state index contributed by atoms with van der Waals surface area (Å²) in [5.74, 6) is 0. The second-order valence-electron chi connectivity index (χ2n) is 3.15. The molecule has 0 aliphatic rings. The summed E-state index contributed by atoms with van der Waals surface area (Å²) in [4.78, 5) is 0. The molecule has 0 aliphatic heterocycles. The number of hydrogen-bond donors (Lipinski definition) is 0. The number of benzene rings is 2. The van der Waals surface area contributed by atoms with Crippen molar-refractivity contribution in [3.63, 3.8) is 0 Å². The minimum atomic E-state index is 0.760. The largest absolute Gasteiger partial charge is 0.192 e. The van der Waals surface area contributed by atoms with Gasteiger partial charge in [0.1, 0.15) is 0 Å². The highest BCUT2D eigenvalue weighted by Crippen LogP contribution is 2.19. The molecule has 0 aliphatic carbocycles. The molecule has 2 rings (SSSR count). The van der Waals surface area contributed by atoms with Crippen LogP contribution in [0.3, 0.4) is 0 Å². The highest BCUT2D eigenvalue weighted by atomic mass is 14.2. The van der Waals surface area contributed by atoms with E-state index < -0.39 is 0 Å². The van der Waals surface area contributed by atoms with Gasteiger partial charge in [0.2, 0.25) is 0 Å². The molecule has 0 saturated heterocycles. The average molecular weight is 197 g/mol. The second-order valence-corrected chi connectivity index (χ2v) is 3.15. The van der Waals surface area contributed by atoms with E-state index in [0.717, 1.165) is 21.9 Å². The Bertz CT molecular complexity index is 492. The third-order valence-electron chi connectivity index (χ3n) is 2.13. The molecular weight excluding hydrogens is 182 g/mol. The molecular formula is C14H15N. The van der Waals surface area contributed by atoms with Crippen molar-refractivity contribution < 1.29 is 0 Å². The van der Waals surface area contributed by atoms with Crippen LogP contribution in [-0.4, -0.2) is 0 Å². The molecule has 0 unspecified atom stereocenters. The van der Waals surface area contributed by atoms with Crippen molar-refractivity contribution in [2.45, 2.75) is 20.8 Å². The Balaban J connectivity index is 0.000000531. The molecule has 0 saturated carbocycles. The van der Waals surface area contributed by atoms with E-state index in [4.69, 9.17) is 5.26 Å². The lowest BCUT2D eigenvalue weighted by molar-refractivity contribution is 1.45. The van der Waals surface area contributed by atoms with Crippen LogP contribution in [0.1, 0.15) is 25.0 Å². The van der Waals surface area contributed by atoms with Crippen LogP contribution in [0.15, 0.2) is 36.4 Å². The van der Waals surface area contributed by atoms with Gasteiger partial charge in [0.25, 0.3) is 0 Å². The normalized spacial score (nSPS) is 8.93. The van der Waals surface area contributed by atoms with Gasteiger partial charge in [-0.15, -0.1) is 0 Å². The van der Waals surface area contributed by atoms with E-state index in [-0.39, 0.29) is 0 Å². The first kappa shape index (κ1) is 11.3. The maximum Gasteiger partial charge on any atom is 0.0998 e. The maximum atomic E-state index is 8.91. The first-order valence-electron chi connectivity index (χ1n) is 5.21. The summed E-state index contributed by atoms with van der Waals surface area (Å²) in [5, 5.41) is 11.1. The van der Waals surface area contributed by atoms with Gasteiger partial charge in [-0.3, -0.25) is 0 Å². The van der Waals surface area contributed by atoms with E-state index in [2.05, 4.69) is 12.1 Å². The minimum Gasteiger partial charge on any atom is -0.192 e. The third kappa shape index (κ3) is 2.35. The van der Waals surface area contributed by atoms with Gasteiger partial charge in [0.15, 0.2) is 0 Å². The lowest BCUT2D eigenvalue weighted by Gasteiger charge is -2.00. The van der Waals surface area contributed by atoms with Gasteiger partial charge in [-0.05, 0) is 29.3 Å². The van der Waals surface area contributed by atoms with Crippen molar-refractivity contribution in [3.8, 4) is 6.07 Å². The lowest BCUT2D eigenvalue weighted by atomic mass is 10.0. The number of nitrogens with zero attached hydrogens (tertiary/aromatic N) is 1. The lowest BCUT2D eigenvalue weighted by Crippen LogP contribution is -1.81. The molecule has 0 N–H and O–H groups in total. The van der Waals surface area contributed by atoms with Crippen molar-refractivity contribution in [1.29, 1.82) is 5.26 Å². The van der Waals surface area contributed by atoms with Gasteiger partial charge in [-0.2, -0.15) is 5.26 Å². The molecule has 0 heterocycles. The maximum absolute atomic E-state index is 8.91. The van der Waals surface area contributed by atoms with Crippen LogP contribution in [0, 0.1) is 18.3 Å². The van der Waals surface area contributed by atoms with Crippen LogP contribution in [0.5, 0.6) is 0 Å². The van der Waals surface area contributed by atoms with Gasteiger partial charge >= 0.3 is 0 Å². The van der Waals surface area contributed by atoms with E-state index in [9.17, 15) is 0 Å². The Kier molecular flexibility index (Phi) is 3.88. The number of aryl methyl sites for hydroxylation is 1. The fourth-order valence-electron chi connectivity index (χ4n) is 1.55. The van der Waals surface area contributed by atoms with Gasteiger partial charge in [-0.1, -0.05) is 44.2 Å². The van der Waals surface area contributed by atoms with Crippen LogP contribution >= 0.6 is 0 Å². The molecule has 2 aromatic carbocycles. The predicted molar refractivity (Wildman–Crippen MR) is 64.7 cm³/mol. The monoisotopic (exact) mass is 197 g/mol. The van der Waals surface area contributed by atoms with E-state index in [1.165, 1.54) is 0 Å². The fraction of sp³-hybridized carbons (Fsp3) is 0.214. The van der Waals surface area contributed by atoms with Crippen LogP contribution in [0.25, 0.3) is 10.8 Å². The van der Waals surface area contributed by atoms with Gasteiger partial charge in [0, 0.05) is 0 Å². The summed E-state index contributed by atoms with van der Waals surface area (Å²) in [6, 6.07) is 14.2. The Morgan fingerprint density at radius 3 is 2.40 bits per heavy atom. The summed E-state index contributed by atoms with van der Waals surface area (Å²) in [6.07, 6.45) is 0. The average Bonchev–Trinajstić information content (AvgIpc) is 2.30. The Labute approximate surface area is 91.0 Å². The highest BCUT2D eigenvalue weighted by Gasteiger charge is 1.99. The summed E-state index contributed by atoms with van der Waals surface area (Å²) in [5.41, 5.74) is 1.89. The molecule has 0 aromatic heterocycles. The summed E-state index contributed by atoms with van der Waals surface area (Å²) >= 11 is 0. The third-order valence-corrected chi connectivity index (χ3v) is 2.13. The molecule has 0 bridgehead atoms. The van der Waals surface area contributed by atoms with Crippen molar-refractivity contribution >= 4 is 10.8 Å². The zero-order valence-corrected chi connectivity index (χ0v) is 9.41. The molecule has 15 heavy (non-hydrogen) atoms. The second kappa shape index (κ2) is 5.17. The summed E-state index contributed by atoms with van der Waals surface area (Å²) in [6.45, 7) is 6.01. The predicted octanol–water partition coefficient (Wildman–Crippen LogP) is 4.05. The molecule has 0 spiro atoms. The van der Waals surface area contributed by atoms with Crippen LogP contribution < -0.4 is 0 Å². The first-order valence-corrected chi connectivity index (χ1v) is 5.21. The van der Waals surface area contributed by atoms with Crippen LogP contribution in [0.4, 0.5) is 0 Å². The fourth-order valence-corrected chi connectivity index (χ4v) is 1.55. The standard InChI is InChI=1S/C12H9N.C2H6/c1-9-6-10-4-2-3-5-12(10)11(7-9)8-13;1-2/h2-7H,1H3;1-2H3. The Hall–Kier alpha value is -1.81. The van der Waals surface area contributed by atoms with E-state index in [0.29, 0.717) is 0 Å². The molecule has 1 nitrogen and oxygen atoms in total. The molecule has 76 valence electrons. The number of fused-ring (bicyclic) bond motifs is 1. The van der Waals surface area contributed by atoms with Gasteiger partial charge in [0.05, 0.1) is 11.6 Å². The van der Waals surface area contributed by atoms with E-state index in [1.54, 1.807) is 0 Å². The first-order chi connectivity index (χ1) is 7.31. The quantitative estimate of drug-likeness (QED) is 0.625. The Morgan fingerprint density at radius 1 is 1.07 bits per heavy atom. The van der Waals surface area contributed by atoms with Crippen LogP contribution in [-0.2, 0) is 0 Å². The zero-order valence-electron chi connectivity index (χ0n) is 9.41.